The van der Waals surface area contributed by atoms with Gasteiger partial charge in [-0.2, -0.15) is 0 Å². The van der Waals surface area contributed by atoms with Crippen molar-refractivity contribution in [2.75, 3.05) is 5.32 Å². The Bertz CT molecular complexity index is 659. The van der Waals surface area contributed by atoms with E-state index in [2.05, 4.69) is 5.32 Å². The average Bonchev–Trinajstić information content (AvgIpc) is 2.97. The van der Waals surface area contributed by atoms with Gasteiger partial charge < -0.3 is 5.32 Å². The number of anilines is 1. The molecule has 0 heterocycles. The van der Waals surface area contributed by atoms with E-state index in [4.69, 9.17) is 5.14 Å². The number of sulfonamides is 1. The molecule has 1 aromatic carbocycles. The van der Waals surface area contributed by atoms with Crippen molar-refractivity contribution in [1.29, 1.82) is 0 Å². The molecule has 2 saturated carbocycles. The number of rotatable bonds is 3. The standard InChI is InChI=1S/C14H18N2O3S/c1-8-2-3-12(7-13(8)20(15,18)19)16-14(17)11-5-9-4-10(9)6-11/h2-3,7,9-11H,4-6H2,1H3,(H,16,17)(H2,15,18,19). The van der Waals surface area contributed by atoms with Gasteiger partial charge in [-0.3, -0.25) is 4.79 Å². The summed E-state index contributed by atoms with van der Waals surface area (Å²) < 4.78 is 22.9. The predicted molar refractivity (Wildman–Crippen MR) is 75.5 cm³/mol. The van der Waals surface area contributed by atoms with Crippen LogP contribution in [0.1, 0.15) is 24.8 Å². The Morgan fingerprint density at radius 3 is 2.50 bits per heavy atom. The second-order valence-electron chi connectivity index (χ2n) is 5.94. The summed E-state index contributed by atoms with van der Waals surface area (Å²) in [6.45, 7) is 1.68. The molecule has 2 unspecified atom stereocenters. The minimum atomic E-state index is -3.76. The number of carbonyl (C=O) groups excluding carboxylic acids is 1. The first kappa shape index (κ1) is 13.6. The van der Waals surface area contributed by atoms with Crippen LogP contribution in [-0.4, -0.2) is 14.3 Å². The Morgan fingerprint density at radius 1 is 1.25 bits per heavy atom. The third-order valence-corrected chi connectivity index (χ3v) is 5.43. The van der Waals surface area contributed by atoms with Crippen LogP contribution in [-0.2, 0) is 14.8 Å². The number of hydrogen-bond acceptors (Lipinski definition) is 3. The summed E-state index contributed by atoms with van der Waals surface area (Å²) in [7, 11) is -3.76. The van der Waals surface area contributed by atoms with Crippen LogP contribution >= 0.6 is 0 Å². The molecule has 20 heavy (non-hydrogen) atoms. The van der Waals surface area contributed by atoms with Gasteiger partial charge in [-0.25, -0.2) is 13.6 Å². The van der Waals surface area contributed by atoms with E-state index in [1.165, 1.54) is 12.5 Å². The number of aryl methyl sites for hydroxylation is 1. The normalized spacial score (nSPS) is 28.0. The van der Waals surface area contributed by atoms with E-state index in [-0.39, 0.29) is 16.7 Å². The third-order valence-electron chi connectivity index (χ3n) is 4.38. The Balaban J connectivity index is 1.76. The molecule has 0 aliphatic heterocycles. The fourth-order valence-electron chi connectivity index (χ4n) is 3.16. The number of amides is 1. The lowest BCUT2D eigenvalue weighted by Gasteiger charge is -2.13. The summed E-state index contributed by atoms with van der Waals surface area (Å²) in [5, 5.41) is 7.97. The van der Waals surface area contributed by atoms with E-state index in [1.807, 2.05) is 0 Å². The van der Waals surface area contributed by atoms with Crippen LogP contribution in [0.4, 0.5) is 5.69 Å². The molecule has 3 N–H and O–H groups in total. The minimum absolute atomic E-state index is 0.0126. The van der Waals surface area contributed by atoms with E-state index >= 15 is 0 Å². The lowest BCUT2D eigenvalue weighted by Crippen LogP contribution is -2.22. The van der Waals surface area contributed by atoms with Gasteiger partial charge in [0.15, 0.2) is 0 Å². The van der Waals surface area contributed by atoms with Crippen molar-refractivity contribution >= 4 is 21.6 Å². The van der Waals surface area contributed by atoms with Gasteiger partial charge in [0.1, 0.15) is 0 Å². The van der Waals surface area contributed by atoms with Crippen molar-refractivity contribution in [3.63, 3.8) is 0 Å². The highest BCUT2D eigenvalue weighted by molar-refractivity contribution is 7.89. The van der Waals surface area contributed by atoms with E-state index in [0.29, 0.717) is 11.3 Å². The maximum Gasteiger partial charge on any atom is 0.238 e. The number of fused-ring (bicyclic) bond motifs is 1. The molecule has 1 amide bonds. The second-order valence-corrected chi connectivity index (χ2v) is 7.47. The summed E-state index contributed by atoms with van der Waals surface area (Å²) in [5.41, 5.74) is 1.07. The Morgan fingerprint density at radius 2 is 1.90 bits per heavy atom. The van der Waals surface area contributed by atoms with Crippen LogP contribution in [0.3, 0.4) is 0 Å². The number of benzene rings is 1. The molecule has 2 atom stereocenters. The summed E-state index contributed by atoms with van der Waals surface area (Å²) in [6.07, 6.45) is 3.19. The highest BCUT2D eigenvalue weighted by atomic mass is 32.2. The monoisotopic (exact) mass is 294 g/mol. The maximum absolute atomic E-state index is 12.1. The summed E-state index contributed by atoms with van der Waals surface area (Å²) in [6, 6.07) is 4.79. The number of hydrogen-bond donors (Lipinski definition) is 2. The van der Waals surface area contributed by atoms with Crippen molar-refractivity contribution in [1.82, 2.24) is 0 Å². The van der Waals surface area contributed by atoms with E-state index in [9.17, 15) is 13.2 Å². The van der Waals surface area contributed by atoms with Crippen molar-refractivity contribution in [3.05, 3.63) is 23.8 Å². The molecule has 5 nitrogen and oxygen atoms in total. The molecule has 2 aliphatic carbocycles. The van der Waals surface area contributed by atoms with Gasteiger partial charge in [-0.15, -0.1) is 0 Å². The number of nitrogens with two attached hydrogens (primary N) is 1. The molecular formula is C14H18N2O3S. The molecule has 2 aliphatic rings. The van der Waals surface area contributed by atoms with Gasteiger partial charge in [0.2, 0.25) is 15.9 Å². The fourth-order valence-corrected chi connectivity index (χ4v) is 3.97. The molecule has 2 fully saturated rings. The first-order valence-electron chi connectivity index (χ1n) is 6.79. The molecule has 0 saturated heterocycles. The molecule has 0 radical (unpaired) electrons. The van der Waals surface area contributed by atoms with Crippen LogP contribution < -0.4 is 10.5 Å². The summed E-state index contributed by atoms with van der Waals surface area (Å²) in [4.78, 5) is 12.2. The number of nitrogens with one attached hydrogen (secondary N) is 1. The van der Waals surface area contributed by atoms with Gasteiger partial charge in [0, 0.05) is 11.6 Å². The zero-order valence-corrected chi connectivity index (χ0v) is 12.1. The zero-order chi connectivity index (χ0) is 14.5. The summed E-state index contributed by atoms with van der Waals surface area (Å²) in [5.74, 6) is 1.53. The van der Waals surface area contributed by atoms with Crippen LogP contribution in [0.15, 0.2) is 23.1 Å². The van der Waals surface area contributed by atoms with Crippen molar-refractivity contribution in [2.24, 2.45) is 22.9 Å². The third kappa shape index (κ3) is 2.58. The topological polar surface area (TPSA) is 89.3 Å². The first-order chi connectivity index (χ1) is 9.34. The maximum atomic E-state index is 12.1. The van der Waals surface area contributed by atoms with E-state index < -0.39 is 10.0 Å². The highest BCUT2D eigenvalue weighted by Gasteiger charge is 2.47. The molecule has 1 aromatic rings. The average molecular weight is 294 g/mol. The first-order valence-corrected chi connectivity index (χ1v) is 8.33. The van der Waals surface area contributed by atoms with Crippen LogP contribution in [0.5, 0.6) is 0 Å². The van der Waals surface area contributed by atoms with Crippen molar-refractivity contribution < 1.29 is 13.2 Å². The summed E-state index contributed by atoms with van der Waals surface area (Å²) >= 11 is 0. The Hall–Kier alpha value is -1.40. The largest absolute Gasteiger partial charge is 0.326 e. The quantitative estimate of drug-likeness (QED) is 0.887. The van der Waals surface area contributed by atoms with Crippen LogP contribution in [0.25, 0.3) is 0 Å². The molecule has 6 heteroatoms. The van der Waals surface area contributed by atoms with Gasteiger partial charge in [-0.05, 0) is 55.7 Å². The minimum Gasteiger partial charge on any atom is -0.326 e. The lowest BCUT2D eigenvalue weighted by molar-refractivity contribution is -0.120. The zero-order valence-electron chi connectivity index (χ0n) is 11.3. The van der Waals surface area contributed by atoms with Gasteiger partial charge in [0.25, 0.3) is 0 Å². The van der Waals surface area contributed by atoms with E-state index in [0.717, 1.165) is 24.7 Å². The van der Waals surface area contributed by atoms with Crippen molar-refractivity contribution in [2.45, 2.75) is 31.1 Å². The second kappa shape index (κ2) is 4.56. The smallest absolute Gasteiger partial charge is 0.238 e. The van der Waals surface area contributed by atoms with Crippen molar-refractivity contribution in [3.8, 4) is 0 Å². The Labute approximate surface area is 118 Å². The molecular weight excluding hydrogens is 276 g/mol. The van der Waals surface area contributed by atoms with Gasteiger partial charge >= 0.3 is 0 Å². The number of primary sulfonamides is 1. The molecule has 3 rings (SSSR count). The SMILES string of the molecule is Cc1ccc(NC(=O)C2CC3CC3C2)cc1S(N)(=O)=O. The van der Waals surface area contributed by atoms with Gasteiger partial charge in [-0.1, -0.05) is 6.07 Å². The van der Waals surface area contributed by atoms with Gasteiger partial charge in [0.05, 0.1) is 4.90 Å². The molecule has 0 spiro atoms. The molecule has 0 aromatic heterocycles. The highest BCUT2D eigenvalue weighted by Crippen LogP contribution is 2.54. The molecule has 0 bridgehead atoms. The fraction of sp³-hybridized carbons (Fsp3) is 0.500. The van der Waals surface area contributed by atoms with E-state index in [1.54, 1.807) is 19.1 Å². The lowest BCUT2D eigenvalue weighted by atomic mass is 10.0. The predicted octanol–water partition coefficient (Wildman–Crippen LogP) is 1.63. The van der Waals surface area contributed by atoms with Crippen LogP contribution in [0, 0.1) is 24.7 Å². The number of carbonyl (C=O) groups is 1. The Kier molecular flexibility index (Phi) is 3.10. The molecule has 108 valence electrons. The van der Waals surface area contributed by atoms with Crippen LogP contribution in [0.2, 0.25) is 0 Å².